The molecule has 0 saturated heterocycles. The predicted octanol–water partition coefficient (Wildman–Crippen LogP) is 4.77. The van der Waals surface area contributed by atoms with Crippen LogP contribution in [0.15, 0.2) is 30.3 Å². The number of esters is 1. The Bertz CT molecular complexity index is 914. The van der Waals surface area contributed by atoms with E-state index < -0.39 is 17.8 Å². The Kier molecular flexibility index (Phi) is 8.48. The van der Waals surface area contributed by atoms with Gasteiger partial charge >= 0.3 is 5.97 Å². The van der Waals surface area contributed by atoms with Crippen molar-refractivity contribution in [2.24, 2.45) is 0 Å². The van der Waals surface area contributed by atoms with Crippen LogP contribution < -0.4 is 9.64 Å². The summed E-state index contributed by atoms with van der Waals surface area (Å²) in [4.78, 5) is 37.8. The van der Waals surface area contributed by atoms with Crippen LogP contribution in [0, 0.1) is 10.7 Å². The van der Waals surface area contributed by atoms with Crippen LogP contribution in [0.1, 0.15) is 29.8 Å². The number of hydrogen-bond acceptors (Lipinski definition) is 5. The number of rotatable bonds is 5. The van der Waals surface area contributed by atoms with Gasteiger partial charge in [0.2, 0.25) is 11.8 Å². The highest BCUT2D eigenvalue weighted by Crippen LogP contribution is 2.35. The largest absolute Gasteiger partial charge is 0.497 e. The highest BCUT2D eigenvalue weighted by atomic mass is 127. The number of hydrogen-bond donors (Lipinski definition) is 0. The van der Waals surface area contributed by atoms with Crippen molar-refractivity contribution in [3.05, 3.63) is 52.2 Å². The monoisotopic (exact) mass is 719 g/mol. The highest BCUT2D eigenvalue weighted by molar-refractivity contribution is 14.1. The smallest absolute Gasteiger partial charge is 0.340 e. The van der Waals surface area contributed by atoms with Crippen molar-refractivity contribution in [2.75, 3.05) is 12.0 Å². The number of ether oxygens (including phenoxy) is 2. The van der Waals surface area contributed by atoms with E-state index in [9.17, 15) is 14.4 Å². The fourth-order valence-electron chi connectivity index (χ4n) is 2.45. The van der Waals surface area contributed by atoms with Gasteiger partial charge in [0, 0.05) is 21.0 Å². The quantitative estimate of drug-likeness (QED) is 0.330. The number of carbonyl (C=O) groups is 3. The van der Waals surface area contributed by atoms with Gasteiger partial charge in [-0.05, 0) is 91.5 Å². The SMILES string of the molecule is COc1ccc(COC(=O)c2c(I)cc(I)c(N(C(C)=O)C(C)=O)c2I)cc1. The van der Waals surface area contributed by atoms with E-state index in [1.165, 1.54) is 13.8 Å². The molecule has 0 N–H and O–H groups in total. The summed E-state index contributed by atoms with van der Waals surface area (Å²) in [5.74, 6) is -0.631. The number of halogens is 3. The van der Waals surface area contributed by atoms with E-state index in [1.807, 2.05) is 34.7 Å². The first-order chi connectivity index (χ1) is 13.2. The molecule has 2 amide bonds. The summed E-state index contributed by atoms with van der Waals surface area (Å²) in [6, 6.07) is 8.96. The van der Waals surface area contributed by atoms with Crippen LogP contribution in [-0.2, 0) is 20.9 Å². The van der Waals surface area contributed by atoms with Crippen LogP contribution in [0.2, 0.25) is 0 Å². The molecule has 0 heterocycles. The van der Waals surface area contributed by atoms with Crippen LogP contribution in [0.5, 0.6) is 5.75 Å². The van der Waals surface area contributed by atoms with Crippen molar-refractivity contribution in [1.82, 2.24) is 0 Å². The molecule has 0 atom stereocenters. The van der Waals surface area contributed by atoms with Crippen LogP contribution in [0.25, 0.3) is 0 Å². The Morgan fingerprint density at radius 2 is 1.54 bits per heavy atom. The lowest BCUT2D eigenvalue weighted by Gasteiger charge is -2.22. The summed E-state index contributed by atoms with van der Waals surface area (Å²) >= 11 is 6.08. The lowest BCUT2D eigenvalue weighted by atomic mass is 10.1. The number of methoxy groups -OCH3 is 1. The summed E-state index contributed by atoms with van der Waals surface area (Å²) in [6.07, 6.45) is 0. The summed E-state index contributed by atoms with van der Waals surface area (Å²) < 4.78 is 12.5. The Morgan fingerprint density at radius 1 is 0.964 bits per heavy atom. The van der Waals surface area contributed by atoms with Crippen LogP contribution in [-0.4, -0.2) is 24.9 Å². The zero-order chi connectivity index (χ0) is 21.0. The molecule has 0 spiro atoms. The van der Waals surface area contributed by atoms with E-state index >= 15 is 0 Å². The van der Waals surface area contributed by atoms with Crippen LogP contribution in [0.3, 0.4) is 0 Å². The minimum Gasteiger partial charge on any atom is -0.497 e. The van der Waals surface area contributed by atoms with Gasteiger partial charge in [0.25, 0.3) is 0 Å². The number of carbonyl (C=O) groups excluding carboxylic acids is 3. The Labute approximate surface area is 203 Å². The molecule has 0 bridgehead atoms. The second-order valence-electron chi connectivity index (χ2n) is 5.68. The molecule has 0 saturated carbocycles. The summed E-state index contributed by atoms with van der Waals surface area (Å²) in [7, 11) is 1.58. The maximum atomic E-state index is 12.8. The van der Waals surface area contributed by atoms with Gasteiger partial charge in [0.05, 0.1) is 21.9 Å². The molecule has 0 radical (unpaired) electrons. The molecule has 2 aromatic rings. The van der Waals surface area contributed by atoms with E-state index in [0.717, 1.165) is 16.2 Å². The van der Waals surface area contributed by atoms with Crippen molar-refractivity contribution in [2.45, 2.75) is 20.5 Å². The van der Waals surface area contributed by atoms with Crippen molar-refractivity contribution in [3.63, 3.8) is 0 Å². The topological polar surface area (TPSA) is 72.9 Å². The number of imide groups is 1. The predicted molar refractivity (Wildman–Crippen MR) is 131 cm³/mol. The first-order valence-electron chi connectivity index (χ1n) is 7.96. The Morgan fingerprint density at radius 3 is 2.04 bits per heavy atom. The van der Waals surface area contributed by atoms with Crippen LogP contribution >= 0.6 is 67.8 Å². The minimum absolute atomic E-state index is 0.0967. The van der Waals surface area contributed by atoms with Gasteiger partial charge in [-0.3, -0.25) is 9.59 Å². The first kappa shape index (κ1) is 23.3. The molecule has 0 aliphatic rings. The van der Waals surface area contributed by atoms with E-state index in [1.54, 1.807) is 25.3 Å². The van der Waals surface area contributed by atoms with Gasteiger partial charge in [0.1, 0.15) is 12.4 Å². The molecule has 0 aliphatic heterocycles. The molecule has 0 unspecified atom stereocenters. The molecular weight excluding hydrogens is 703 g/mol. The number of amides is 2. The lowest BCUT2D eigenvalue weighted by Crippen LogP contribution is -2.35. The molecule has 0 fully saturated rings. The standard InChI is InChI=1S/C19H16I3NO5/c1-10(24)23(11(2)25)18-15(21)8-14(20)16(17(18)22)19(26)28-9-12-4-6-13(27-3)7-5-12/h4-8H,9H2,1-3H3. The van der Waals surface area contributed by atoms with E-state index in [-0.39, 0.29) is 6.61 Å². The maximum absolute atomic E-state index is 12.8. The minimum atomic E-state index is -0.519. The Hall–Kier alpha value is -0.960. The maximum Gasteiger partial charge on any atom is 0.340 e. The Balaban J connectivity index is 2.35. The van der Waals surface area contributed by atoms with E-state index in [2.05, 4.69) is 45.2 Å². The normalized spacial score (nSPS) is 10.4. The second-order valence-corrected chi connectivity index (χ2v) is 9.08. The average Bonchev–Trinajstić information content (AvgIpc) is 2.62. The van der Waals surface area contributed by atoms with Gasteiger partial charge in [-0.2, -0.15) is 0 Å². The fourth-order valence-corrected chi connectivity index (χ4v) is 6.75. The van der Waals surface area contributed by atoms with Crippen molar-refractivity contribution >= 4 is 91.2 Å². The summed E-state index contributed by atoms with van der Waals surface area (Å²) in [5, 5.41) is 0. The molecule has 2 rings (SSSR count). The zero-order valence-electron chi connectivity index (χ0n) is 15.2. The molecular formula is C19H16I3NO5. The fraction of sp³-hybridized carbons (Fsp3) is 0.211. The lowest BCUT2D eigenvalue weighted by molar-refractivity contribution is -0.124. The molecule has 0 aliphatic carbocycles. The third-order valence-corrected chi connectivity index (χ3v) is 6.46. The average molecular weight is 719 g/mol. The number of benzene rings is 2. The summed E-state index contributed by atoms with van der Waals surface area (Å²) in [5.41, 5.74) is 1.55. The van der Waals surface area contributed by atoms with Crippen LogP contribution in [0.4, 0.5) is 5.69 Å². The van der Waals surface area contributed by atoms with Crippen molar-refractivity contribution in [3.8, 4) is 5.75 Å². The molecule has 0 aromatic heterocycles. The third-order valence-electron chi connectivity index (χ3n) is 3.73. The zero-order valence-corrected chi connectivity index (χ0v) is 21.7. The number of anilines is 1. The molecule has 2 aromatic carbocycles. The van der Waals surface area contributed by atoms with E-state index in [0.29, 0.717) is 22.0 Å². The third kappa shape index (κ3) is 5.34. The first-order valence-corrected chi connectivity index (χ1v) is 11.2. The molecule has 6 nitrogen and oxygen atoms in total. The van der Waals surface area contributed by atoms with E-state index in [4.69, 9.17) is 9.47 Å². The van der Waals surface area contributed by atoms with Gasteiger partial charge in [-0.1, -0.05) is 12.1 Å². The van der Waals surface area contributed by atoms with Crippen molar-refractivity contribution < 1.29 is 23.9 Å². The van der Waals surface area contributed by atoms with Gasteiger partial charge < -0.3 is 9.47 Å². The highest BCUT2D eigenvalue weighted by Gasteiger charge is 2.28. The van der Waals surface area contributed by atoms with Gasteiger partial charge in [-0.15, -0.1) is 0 Å². The second kappa shape index (κ2) is 10.2. The van der Waals surface area contributed by atoms with Gasteiger partial charge in [-0.25, -0.2) is 9.69 Å². The molecule has 28 heavy (non-hydrogen) atoms. The molecule has 148 valence electrons. The van der Waals surface area contributed by atoms with Crippen molar-refractivity contribution in [1.29, 1.82) is 0 Å². The summed E-state index contributed by atoms with van der Waals surface area (Å²) in [6.45, 7) is 2.72. The number of nitrogens with zero attached hydrogens (tertiary/aromatic N) is 1. The molecule has 9 heteroatoms. The van der Waals surface area contributed by atoms with Gasteiger partial charge in [0.15, 0.2) is 0 Å².